The van der Waals surface area contributed by atoms with Crippen molar-refractivity contribution in [2.24, 2.45) is 0 Å². The first-order valence-electron chi connectivity index (χ1n) is 15.3. The van der Waals surface area contributed by atoms with Crippen molar-refractivity contribution in [2.45, 2.75) is 44.4 Å². The predicted molar refractivity (Wildman–Crippen MR) is 176 cm³/mol. The van der Waals surface area contributed by atoms with E-state index < -0.39 is 61.8 Å². The average Bonchev–Trinajstić information content (AvgIpc) is 3.91. The van der Waals surface area contributed by atoms with Crippen molar-refractivity contribution in [3.8, 4) is 16.8 Å². The van der Waals surface area contributed by atoms with Gasteiger partial charge in [0.1, 0.15) is 17.5 Å². The molecule has 6 rings (SSSR count). The Bertz CT molecular complexity index is 2130. The van der Waals surface area contributed by atoms with Crippen molar-refractivity contribution >= 4 is 38.3 Å². The third-order valence-corrected chi connectivity index (χ3v) is 11.3. The molecule has 3 aromatic carbocycles. The summed E-state index contributed by atoms with van der Waals surface area (Å²) in [5.41, 5.74) is -2.02. The molecule has 1 saturated heterocycles. The number of alkyl halides is 2. The summed E-state index contributed by atoms with van der Waals surface area (Å²) in [6, 6.07) is 9.64. The smallest absolute Gasteiger partial charge is 0.350 e. The number of halogens is 4. The number of hydrogen-bond acceptors (Lipinski definition) is 6. The van der Waals surface area contributed by atoms with Crippen molar-refractivity contribution in [1.82, 2.24) is 14.5 Å². The van der Waals surface area contributed by atoms with E-state index in [-0.39, 0.29) is 53.6 Å². The van der Waals surface area contributed by atoms with Crippen LogP contribution in [0.25, 0.3) is 27.7 Å². The normalized spacial score (nSPS) is 16.9. The van der Waals surface area contributed by atoms with Gasteiger partial charge in [-0.25, -0.2) is 30.8 Å². The third-order valence-electron chi connectivity index (χ3n) is 9.00. The highest BCUT2D eigenvalue weighted by atomic mass is 32.2. The van der Waals surface area contributed by atoms with Gasteiger partial charge in [0.15, 0.2) is 0 Å². The molecule has 2 heterocycles. The number of piperazine rings is 1. The van der Waals surface area contributed by atoms with Crippen LogP contribution in [-0.2, 0) is 14.8 Å². The van der Waals surface area contributed by atoms with Gasteiger partial charge in [0, 0.05) is 54.8 Å². The molecule has 9 nitrogen and oxygen atoms in total. The van der Waals surface area contributed by atoms with Crippen molar-refractivity contribution in [1.29, 1.82) is 0 Å². The molecule has 252 valence electrons. The van der Waals surface area contributed by atoms with Crippen LogP contribution in [0.3, 0.4) is 0 Å². The van der Waals surface area contributed by atoms with E-state index in [9.17, 15) is 26.8 Å². The molecular weight excluding hydrogens is 650 g/mol. The molecular formula is C34H33F4N5O4S. The number of hydrogen-bond donors (Lipinski definition) is 0. The molecule has 0 unspecified atom stereocenters. The Morgan fingerprint density at radius 2 is 1.79 bits per heavy atom. The number of para-hydroxylation sites is 1. The highest BCUT2D eigenvalue weighted by Gasteiger charge is 2.40. The van der Waals surface area contributed by atoms with Crippen molar-refractivity contribution < 1.29 is 30.8 Å². The fourth-order valence-electron chi connectivity index (χ4n) is 6.38. The first-order chi connectivity index (χ1) is 22.8. The van der Waals surface area contributed by atoms with Crippen LogP contribution in [0.5, 0.6) is 0 Å². The minimum absolute atomic E-state index is 0.00515. The minimum atomic E-state index is -3.80. The molecule has 0 radical (unpaired) electrons. The average molecular weight is 684 g/mol. The molecule has 0 spiro atoms. The van der Waals surface area contributed by atoms with E-state index in [2.05, 4.69) is 11.6 Å². The molecule has 1 aliphatic carbocycles. The maximum atomic E-state index is 16.2. The van der Waals surface area contributed by atoms with Crippen LogP contribution in [0, 0.1) is 18.6 Å². The van der Waals surface area contributed by atoms with Gasteiger partial charge in [-0.15, -0.1) is 0 Å². The van der Waals surface area contributed by atoms with Crippen LogP contribution in [-0.4, -0.2) is 66.7 Å². The van der Waals surface area contributed by atoms with Gasteiger partial charge in [0.05, 0.1) is 22.1 Å². The molecule has 0 bridgehead atoms. The molecule has 48 heavy (non-hydrogen) atoms. The predicted octanol–water partition coefficient (Wildman–Crippen LogP) is 5.73. The fourth-order valence-corrected chi connectivity index (χ4v) is 7.98. The first kappa shape index (κ1) is 33.2. The zero-order valence-electron chi connectivity index (χ0n) is 26.5. The van der Waals surface area contributed by atoms with Crippen molar-refractivity contribution in [3.63, 3.8) is 0 Å². The van der Waals surface area contributed by atoms with Crippen LogP contribution in [0.4, 0.5) is 29.1 Å². The molecule has 1 aromatic heterocycles. The van der Waals surface area contributed by atoms with E-state index >= 15 is 8.78 Å². The summed E-state index contributed by atoms with van der Waals surface area (Å²) in [5, 5.41) is -0.476. The Morgan fingerprint density at radius 3 is 2.44 bits per heavy atom. The summed E-state index contributed by atoms with van der Waals surface area (Å²) in [6.07, 6.45) is -0.950. The number of amides is 1. The molecule has 1 amide bonds. The number of fused-ring (bicyclic) bond motifs is 1. The van der Waals surface area contributed by atoms with Crippen LogP contribution in [0.2, 0.25) is 0 Å². The van der Waals surface area contributed by atoms with Crippen LogP contribution in [0.15, 0.2) is 66.0 Å². The van der Waals surface area contributed by atoms with Crippen molar-refractivity contribution in [2.75, 3.05) is 35.9 Å². The maximum Gasteiger partial charge on any atom is 0.354 e. The Balaban J connectivity index is 1.66. The Hall–Kier alpha value is -4.72. The molecule has 1 atom stereocenters. The second-order valence-corrected chi connectivity index (χ2v) is 14.3. The van der Waals surface area contributed by atoms with Gasteiger partial charge in [-0.05, 0) is 62.6 Å². The van der Waals surface area contributed by atoms with Gasteiger partial charge in [-0.3, -0.25) is 13.7 Å². The summed E-state index contributed by atoms with van der Waals surface area (Å²) >= 11 is 0. The van der Waals surface area contributed by atoms with Gasteiger partial charge >= 0.3 is 5.69 Å². The number of rotatable bonds is 8. The highest BCUT2D eigenvalue weighted by Crippen LogP contribution is 2.41. The lowest BCUT2D eigenvalue weighted by Gasteiger charge is -2.40. The summed E-state index contributed by atoms with van der Waals surface area (Å²) in [4.78, 5) is 34.2. The molecule has 0 N–H and O–H groups in total. The molecule has 2 aliphatic rings. The number of benzene rings is 3. The van der Waals surface area contributed by atoms with Gasteiger partial charge in [0.25, 0.3) is 6.43 Å². The highest BCUT2D eigenvalue weighted by molar-refractivity contribution is 7.93. The van der Waals surface area contributed by atoms with E-state index in [1.807, 2.05) is 0 Å². The number of sulfonamides is 1. The van der Waals surface area contributed by atoms with Crippen LogP contribution >= 0.6 is 0 Å². The van der Waals surface area contributed by atoms with Gasteiger partial charge in [0.2, 0.25) is 15.9 Å². The molecule has 1 aliphatic heterocycles. The van der Waals surface area contributed by atoms with Gasteiger partial charge in [-0.1, -0.05) is 30.8 Å². The zero-order chi connectivity index (χ0) is 34.7. The SMILES string of the molecule is C=CC(=O)N1CCN(c2nc(=O)n(-c3c(C)cccc3N(C)S(=O)(=O)C3CC3)c3cc(-c4c(F)cccc4C(F)F)c(F)cc23)[C@@H](C)C1. The number of nitrogens with zero attached hydrogens (tertiary/aromatic N) is 5. The maximum absolute atomic E-state index is 16.2. The quantitative estimate of drug-likeness (QED) is 0.174. The number of aromatic nitrogens is 2. The number of carbonyl (C=O) groups excluding carboxylic acids is 1. The standard InChI is InChI=1S/C34H33F4N5O4S/c1-5-29(44)41-14-15-42(20(3)18-41)33-24-16-26(36)23(30-22(32(37)38)9-7-10-25(30)35)17-28(24)43(34(45)39-33)31-19(2)8-6-11-27(31)40(4)48(46,47)21-12-13-21/h5-11,16-17,20-21,32H,1,12-15,18H2,2-4H3/t20-/m0/s1. The lowest BCUT2D eigenvalue weighted by atomic mass is 9.97. The Morgan fingerprint density at radius 1 is 1.08 bits per heavy atom. The molecule has 4 aromatic rings. The van der Waals surface area contributed by atoms with E-state index in [0.29, 0.717) is 18.4 Å². The summed E-state index contributed by atoms with van der Waals surface area (Å²) in [7, 11) is -2.42. The number of aryl methyl sites for hydroxylation is 1. The molecule has 14 heteroatoms. The second-order valence-electron chi connectivity index (χ2n) is 12.1. The van der Waals surface area contributed by atoms with E-state index in [1.54, 1.807) is 35.8 Å². The molecule has 2 fully saturated rings. The minimum Gasteiger partial charge on any atom is -0.350 e. The monoisotopic (exact) mass is 683 g/mol. The Kier molecular flexibility index (Phi) is 8.56. The third kappa shape index (κ3) is 5.61. The van der Waals surface area contributed by atoms with E-state index in [0.717, 1.165) is 39.2 Å². The largest absolute Gasteiger partial charge is 0.354 e. The zero-order valence-corrected chi connectivity index (χ0v) is 27.3. The van der Waals surface area contributed by atoms with Crippen LogP contribution < -0.4 is 14.9 Å². The van der Waals surface area contributed by atoms with Gasteiger partial charge in [-0.2, -0.15) is 4.98 Å². The first-order valence-corrected chi connectivity index (χ1v) is 16.9. The van der Waals surface area contributed by atoms with E-state index in [1.165, 1.54) is 19.2 Å². The van der Waals surface area contributed by atoms with E-state index in [4.69, 9.17) is 0 Å². The summed E-state index contributed by atoms with van der Waals surface area (Å²) in [5.74, 6) is -2.32. The van der Waals surface area contributed by atoms with Crippen molar-refractivity contribution in [3.05, 3.63) is 94.4 Å². The molecule has 1 saturated carbocycles. The lowest BCUT2D eigenvalue weighted by molar-refractivity contribution is -0.126. The topological polar surface area (TPSA) is 95.8 Å². The Labute approximate surface area is 274 Å². The fraction of sp³-hybridized carbons (Fsp3) is 0.324. The number of anilines is 2. The lowest BCUT2D eigenvalue weighted by Crippen LogP contribution is -2.54. The summed E-state index contributed by atoms with van der Waals surface area (Å²) in [6.45, 7) is 7.71. The number of carbonyl (C=O) groups is 1. The van der Waals surface area contributed by atoms with Crippen LogP contribution in [0.1, 0.15) is 37.3 Å². The second kappa shape index (κ2) is 12.4. The van der Waals surface area contributed by atoms with Gasteiger partial charge < -0.3 is 9.80 Å². The summed E-state index contributed by atoms with van der Waals surface area (Å²) < 4.78 is 88.7.